The van der Waals surface area contributed by atoms with Crippen molar-refractivity contribution in [2.24, 2.45) is 0 Å². The van der Waals surface area contributed by atoms with Gasteiger partial charge in [0.25, 0.3) is 5.91 Å². The van der Waals surface area contributed by atoms with Crippen molar-refractivity contribution in [2.45, 2.75) is 6.61 Å². The summed E-state index contributed by atoms with van der Waals surface area (Å²) in [4.78, 5) is 28.5. The predicted molar refractivity (Wildman–Crippen MR) is 110 cm³/mol. The van der Waals surface area contributed by atoms with Gasteiger partial charge in [-0.3, -0.25) is 14.2 Å². The summed E-state index contributed by atoms with van der Waals surface area (Å²) in [5.41, 5.74) is 4.16. The standard InChI is InChI=1S/C23H19N3O3/c27-22(29-15-17-6-2-1-3-7-17)14-24-23(28)18-10-12-19(13-11-18)26-16-25-20-8-4-5-9-21(20)26/h1-13,16H,14-15H2,(H,24,28). The highest BCUT2D eigenvalue weighted by Crippen LogP contribution is 2.18. The molecule has 0 saturated carbocycles. The summed E-state index contributed by atoms with van der Waals surface area (Å²) in [6.45, 7) is 0.00266. The molecule has 1 aromatic heterocycles. The van der Waals surface area contributed by atoms with Crippen molar-refractivity contribution in [2.75, 3.05) is 6.54 Å². The minimum absolute atomic E-state index is 0.181. The number of nitrogens with one attached hydrogen (secondary N) is 1. The van der Waals surface area contributed by atoms with E-state index >= 15 is 0 Å². The molecule has 1 amide bonds. The number of carbonyl (C=O) groups is 2. The lowest BCUT2D eigenvalue weighted by Crippen LogP contribution is -2.30. The van der Waals surface area contributed by atoms with Crippen molar-refractivity contribution in [3.05, 3.63) is 96.3 Å². The van der Waals surface area contributed by atoms with E-state index in [1.807, 2.05) is 71.3 Å². The fourth-order valence-corrected chi connectivity index (χ4v) is 2.98. The third kappa shape index (κ3) is 4.32. The zero-order chi connectivity index (χ0) is 20.1. The first kappa shape index (κ1) is 18.4. The van der Waals surface area contributed by atoms with E-state index < -0.39 is 5.97 Å². The Bertz CT molecular complexity index is 1130. The van der Waals surface area contributed by atoms with Crippen molar-refractivity contribution in [1.82, 2.24) is 14.9 Å². The van der Waals surface area contributed by atoms with Crippen LogP contribution in [0.5, 0.6) is 0 Å². The van der Waals surface area contributed by atoms with Gasteiger partial charge < -0.3 is 10.1 Å². The Kier molecular flexibility index (Phi) is 5.33. The molecule has 3 aromatic carbocycles. The quantitative estimate of drug-likeness (QED) is 0.516. The molecule has 0 unspecified atom stereocenters. The molecule has 4 aromatic rings. The number of imidazole rings is 1. The number of benzene rings is 3. The van der Waals surface area contributed by atoms with Crippen LogP contribution < -0.4 is 5.32 Å². The zero-order valence-electron chi connectivity index (χ0n) is 15.6. The molecule has 6 nitrogen and oxygen atoms in total. The SMILES string of the molecule is O=C(CNC(=O)c1ccc(-n2cnc3ccccc32)cc1)OCc1ccccc1. The van der Waals surface area contributed by atoms with E-state index in [4.69, 9.17) is 4.74 Å². The second-order valence-electron chi connectivity index (χ2n) is 6.48. The van der Waals surface area contributed by atoms with Gasteiger partial charge in [-0.2, -0.15) is 0 Å². The minimum Gasteiger partial charge on any atom is -0.460 e. The van der Waals surface area contributed by atoms with Gasteiger partial charge in [0.15, 0.2) is 0 Å². The second-order valence-corrected chi connectivity index (χ2v) is 6.48. The molecule has 144 valence electrons. The van der Waals surface area contributed by atoms with Crippen LogP contribution in [-0.2, 0) is 16.1 Å². The van der Waals surface area contributed by atoms with Crippen molar-refractivity contribution < 1.29 is 14.3 Å². The van der Waals surface area contributed by atoms with E-state index in [0.29, 0.717) is 5.56 Å². The number of nitrogens with zero attached hydrogens (tertiary/aromatic N) is 2. The van der Waals surface area contributed by atoms with Gasteiger partial charge in [0.2, 0.25) is 0 Å². The number of hydrogen-bond acceptors (Lipinski definition) is 4. The van der Waals surface area contributed by atoms with Gasteiger partial charge in [0, 0.05) is 11.3 Å². The first-order chi connectivity index (χ1) is 14.2. The Balaban J connectivity index is 1.34. The molecule has 29 heavy (non-hydrogen) atoms. The number of esters is 1. The zero-order valence-corrected chi connectivity index (χ0v) is 15.6. The van der Waals surface area contributed by atoms with E-state index in [1.165, 1.54) is 0 Å². The number of fused-ring (bicyclic) bond motifs is 1. The summed E-state index contributed by atoms with van der Waals surface area (Å²) in [5.74, 6) is -0.813. The molecule has 0 bridgehead atoms. The molecule has 0 saturated heterocycles. The summed E-state index contributed by atoms with van der Waals surface area (Å²) in [5, 5.41) is 2.59. The van der Waals surface area contributed by atoms with Crippen molar-refractivity contribution >= 4 is 22.9 Å². The smallest absolute Gasteiger partial charge is 0.325 e. The molecule has 0 spiro atoms. The predicted octanol–water partition coefficient (Wildman–Crippen LogP) is 3.50. The monoisotopic (exact) mass is 385 g/mol. The minimum atomic E-state index is -0.483. The molecular weight excluding hydrogens is 366 g/mol. The summed E-state index contributed by atoms with van der Waals surface area (Å²) in [6.07, 6.45) is 1.75. The molecule has 0 aliphatic rings. The Morgan fingerprint density at radius 2 is 1.62 bits per heavy atom. The highest BCUT2D eigenvalue weighted by molar-refractivity contribution is 5.96. The van der Waals surface area contributed by atoms with Crippen molar-refractivity contribution in [3.63, 3.8) is 0 Å². The average molecular weight is 385 g/mol. The second kappa shape index (κ2) is 8.39. The number of hydrogen-bond donors (Lipinski definition) is 1. The van der Waals surface area contributed by atoms with Gasteiger partial charge in [-0.1, -0.05) is 42.5 Å². The van der Waals surface area contributed by atoms with Crippen LogP contribution in [0.15, 0.2) is 85.2 Å². The van der Waals surface area contributed by atoms with Gasteiger partial charge in [-0.15, -0.1) is 0 Å². The number of ether oxygens (including phenoxy) is 1. The lowest BCUT2D eigenvalue weighted by molar-refractivity contribution is -0.143. The number of aromatic nitrogens is 2. The summed E-state index contributed by atoms with van der Waals surface area (Å²) < 4.78 is 7.12. The normalized spacial score (nSPS) is 10.6. The van der Waals surface area contributed by atoms with Gasteiger partial charge in [-0.05, 0) is 42.0 Å². The van der Waals surface area contributed by atoms with E-state index in [0.717, 1.165) is 22.3 Å². The maximum Gasteiger partial charge on any atom is 0.325 e. The Labute approximate surface area is 167 Å². The molecule has 1 heterocycles. The maximum absolute atomic E-state index is 12.3. The lowest BCUT2D eigenvalue weighted by atomic mass is 10.2. The number of para-hydroxylation sites is 2. The summed E-state index contributed by atoms with van der Waals surface area (Å²) in [6, 6.07) is 24.4. The first-order valence-electron chi connectivity index (χ1n) is 9.21. The molecule has 6 heteroatoms. The molecular formula is C23H19N3O3. The highest BCUT2D eigenvalue weighted by Gasteiger charge is 2.10. The van der Waals surface area contributed by atoms with Crippen LogP contribution in [0.1, 0.15) is 15.9 Å². The van der Waals surface area contributed by atoms with E-state index in [9.17, 15) is 9.59 Å². The summed E-state index contributed by atoms with van der Waals surface area (Å²) >= 11 is 0. The van der Waals surface area contributed by atoms with Gasteiger partial charge in [-0.25, -0.2) is 4.98 Å². The van der Waals surface area contributed by atoms with Crippen LogP contribution in [0, 0.1) is 0 Å². The number of carbonyl (C=O) groups excluding carboxylic acids is 2. The van der Waals surface area contributed by atoms with Crippen LogP contribution in [0.4, 0.5) is 0 Å². The molecule has 0 radical (unpaired) electrons. The third-order valence-corrected chi connectivity index (χ3v) is 4.50. The molecule has 1 N–H and O–H groups in total. The van der Waals surface area contributed by atoms with Crippen LogP contribution in [0.2, 0.25) is 0 Å². The number of amides is 1. The van der Waals surface area contributed by atoms with Crippen LogP contribution in [-0.4, -0.2) is 28.0 Å². The van der Waals surface area contributed by atoms with Crippen molar-refractivity contribution in [3.8, 4) is 5.69 Å². The largest absolute Gasteiger partial charge is 0.460 e. The topological polar surface area (TPSA) is 73.2 Å². The number of rotatable bonds is 6. The molecule has 0 aliphatic heterocycles. The van der Waals surface area contributed by atoms with E-state index in [1.54, 1.807) is 18.5 Å². The van der Waals surface area contributed by atoms with Crippen LogP contribution in [0.25, 0.3) is 16.7 Å². The van der Waals surface area contributed by atoms with Crippen molar-refractivity contribution in [1.29, 1.82) is 0 Å². The Morgan fingerprint density at radius 1 is 0.897 bits per heavy atom. The van der Waals surface area contributed by atoms with Gasteiger partial charge in [0.1, 0.15) is 19.5 Å². The van der Waals surface area contributed by atoms with E-state index in [-0.39, 0.29) is 19.1 Å². The van der Waals surface area contributed by atoms with E-state index in [2.05, 4.69) is 10.3 Å². The fraction of sp³-hybridized carbons (Fsp3) is 0.0870. The Morgan fingerprint density at radius 3 is 2.41 bits per heavy atom. The van der Waals surface area contributed by atoms with Crippen LogP contribution >= 0.6 is 0 Å². The lowest BCUT2D eigenvalue weighted by Gasteiger charge is -2.08. The Hall–Kier alpha value is -3.93. The third-order valence-electron chi connectivity index (χ3n) is 4.50. The first-order valence-corrected chi connectivity index (χ1v) is 9.21. The maximum atomic E-state index is 12.3. The molecule has 0 fully saturated rings. The summed E-state index contributed by atoms with van der Waals surface area (Å²) in [7, 11) is 0. The van der Waals surface area contributed by atoms with Gasteiger partial charge >= 0.3 is 5.97 Å². The highest BCUT2D eigenvalue weighted by atomic mass is 16.5. The van der Waals surface area contributed by atoms with Gasteiger partial charge in [0.05, 0.1) is 11.0 Å². The fourth-order valence-electron chi connectivity index (χ4n) is 2.98. The molecule has 4 rings (SSSR count). The molecule has 0 atom stereocenters. The molecule has 0 aliphatic carbocycles. The van der Waals surface area contributed by atoms with Crippen LogP contribution in [0.3, 0.4) is 0 Å². The average Bonchev–Trinajstić information content (AvgIpc) is 3.21.